The lowest BCUT2D eigenvalue weighted by molar-refractivity contribution is -0.120. The summed E-state index contributed by atoms with van der Waals surface area (Å²) in [6.45, 7) is 2.00. The van der Waals surface area contributed by atoms with Crippen molar-refractivity contribution in [2.45, 2.75) is 38.5 Å². The van der Waals surface area contributed by atoms with Crippen LogP contribution in [0, 0.1) is 29.5 Å². The molecule has 6 heteroatoms. The maximum absolute atomic E-state index is 13.8. The van der Waals surface area contributed by atoms with Crippen LogP contribution in [0.15, 0.2) is 53.6 Å². The van der Waals surface area contributed by atoms with E-state index in [1.54, 1.807) is 18.2 Å². The molecule has 5 nitrogen and oxygen atoms in total. The SMILES string of the molecule is CC(C(=O)Nc1ccc(=O)[nH]c1)C1C[C@H]2CC(c3ccnc4ccc(F)cc34)C[C@H]2C1. The molecule has 1 aromatic carbocycles. The second-order valence-corrected chi connectivity index (χ2v) is 9.20. The van der Waals surface area contributed by atoms with E-state index in [4.69, 9.17) is 0 Å². The molecular weight excluding hydrogens is 393 g/mol. The van der Waals surface area contributed by atoms with Gasteiger partial charge in [0.15, 0.2) is 0 Å². The van der Waals surface area contributed by atoms with Crippen molar-refractivity contribution in [1.82, 2.24) is 9.97 Å². The zero-order valence-corrected chi connectivity index (χ0v) is 17.5. The highest BCUT2D eigenvalue weighted by molar-refractivity contribution is 5.92. The molecule has 5 rings (SSSR count). The van der Waals surface area contributed by atoms with Gasteiger partial charge in [-0.3, -0.25) is 14.6 Å². The fourth-order valence-corrected chi connectivity index (χ4v) is 5.78. The van der Waals surface area contributed by atoms with Crippen molar-refractivity contribution in [3.63, 3.8) is 0 Å². The maximum atomic E-state index is 13.8. The van der Waals surface area contributed by atoms with Crippen molar-refractivity contribution < 1.29 is 9.18 Å². The second kappa shape index (κ2) is 7.91. The van der Waals surface area contributed by atoms with Crippen LogP contribution in [0.2, 0.25) is 0 Å². The van der Waals surface area contributed by atoms with E-state index >= 15 is 0 Å². The van der Waals surface area contributed by atoms with E-state index < -0.39 is 0 Å². The van der Waals surface area contributed by atoms with Gasteiger partial charge in [0.2, 0.25) is 11.5 Å². The smallest absolute Gasteiger partial charge is 0.248 e. The molecule has 2 heterocycles. The van der Waals surface area contributed by atoms with Gasteiger partial charge in [-0.05, 0) is 85.3 Å². The lowest BCUT2D eigenvalue weighted by Gasteiger charge is -2.21. The Morgan fingerprint density at radius 2 is 1.90 bits per heavy atom. The third kappa shape index (κ3) is 3.87. The molecule has 2 aromatic heterocycles. The van der Waals surface area contributed by atoms with E-state index in [0.717, 1.165) is 36.6 Å². The number of rotatable bonds is 4. The molecule has 5 atom stereocenters. The number of aromatic nitrogens is 2. The molecule has 0 radical (unpaired) electrons. The van der Waals surface area contributed by atoms with Gasteiger partial charge in [-0.15, -0.1) is 0 Å². The molecule has 3 aromatic rings. The number of fused-ring (bicyclic) bond motifs is 2. The van der Waals surface area contributed by atoms with Gasteiger partial charge < -0.3 is 10.3 Å². The molecule has 2 saturated carbocycles. The summed E-state index contributed by atoms with van der Waals surface area (Å²) in [6, 6.07) is 9.91. The predicted molar refractivity (Wildman–Crippen MR) is 118 cm³/mol. The van der Waals surface area contributed by atoms with E-state index in [1.807, 2.05) is 19.2 Å². The topological polar surface area (TPSA) is 74.8 Å². The largest absolute Gasteiger partial charge is 0.327 e. The molecule has 2 aliphatic rings. The van der Waals surface area contributed by atoms with Gasteiger partial charge >= 0.3 is 0 Å². The molecule has 2 aliphatic carbocycles. The maximum Gasteiger partial charge on any atom is 0.248 e. The summed E-state index contributed by atoms with van der Waals surface area (Å²) in [5.74, 6) is 1.71. The average molecular weight is 420 g/mol. The number of anilines is 1. The third-order valence-electron chi connectivity index (χ3n) is 7.40. The molecule has 31 heavy (non-hydrogen) atoms. The minimum Gasteiger partial charge on any atom is -0.327 e. The molecule has 2 fully saturated rings. The minimum absolute atomic E-state index is 0.00387. The number of carbonyl (C=O) groups is 1. The first-order valence-electron chi connectivity index (χ1n) is 11.0. The predicted octanol–water partition coefficient (Wildman–Crippen LogP) is 4.86. The van der Waals surface area contributed by atoms with Gasteiger partial charge in [-0.2, -0.15) is 0 Å². The molecule has 0 aliphatic heterocycles. The zero-order valence-electron chi connectivity index (χ0n) is 17.5. The number of nitrogens with one attached hydrogen (secondary N) is 2. The summed E-state index contributed by atoms with van der Waals surface area (Å²) in [5.41, 5.74) is 2.49. The van der Waals surface area contributed by atoms with Gasteiger partial charge in [-0.25, -0.2) is 4.39 Å². The summed E-state index contributed by atoms with van der Waals surface area (Å²) in [7, 11) is 0. The summed E-state index contributed by atoms with van der Waals surface area (Å²) in [4.78, 5) is 30.9. The number of aromatic amines is 1. The fraction of sp³-hybridized carbons (Fsp3) is 0.400. The van der Waals surface area contributed by atoms with Crippen LogP contribution in [-0.4, -0.2) is 15.9 Å². The number of nitrogens with zero attached hydrogens (tertiary/aromatic N) is 1. The van der Waals surface area contributed by atoms with E-state index in [0.29, 0.717) is 29.4 Å². The molecule has 0 saturated heterocycles. The quantitative estimate of drug-likeness (QED) is 0.634. The third-order valence-corrected chi connectivity index (χ3v) is 7.40. The number of hydrogen-bond donors (Lipinski definition) is 2. The number of amides is 1. The standard InChI is InChI=1S/C25H26FN3O2/c1-14(25(31)29-20-3-5-24(30)28-13-20)15-8-16-10-18(11-17(16)9-15)21-6-7-27-23-4-2-19(26)12-22(21)23/h2-7,12-18H,8-11H2,1H3,(H,28,30)(H,29,31)/t14?,15?,16-,17+,18?. The summed E-state index contributed by atoms with van der Waals surface area (Å²) >= 11 is 0. The number of benzene rings is 1. The van der Waals surface area contributed by atoms with Crippen LogP contribution >= 0.6 is 0 Å². The zero-order chi connectivity index (χ0) is 21.5. The minimum atomic E-state index is -0.220. The Kier molecular flexibility index (Phi) is 5.08. The monoisotopic (exact) mass is 419 g/mol. The van der Waals surface area contributed by atoms with Crippen molar-refractivity contribution in [1.29, 1.82) is 0 Å². The Morgan fingerprint density at radius 3 is 2.61 bits per heavy atom. The number of halogens is 1. The number of pyridine rings is 2. The van der Waals surface area contributed by atoms with E-state index in [-0.39, 0.29) is 23.2 Å². The molecule has 160 valence electrons. The normalized spacial score (nSPS) is 26.0. The molecular formula is C25H26FN3O2. The van der Waals surface area contributed by atoms with E-state index in [2.05, 4.69) is 15.3 Å². The van der Waals surface area contributed by atoms with Crippen molar-refractivity contribution >= 4 is 22.5 Å². The van der Waals surface area contributed by atoms with Crippen LogP contribution in [-0.2, 0) is 4.79 Å². The lowest BCUT2D eigenvalue weighted by atomic mass is 9.86. The molecule has 0 bridgehead atoms. The lowest BCUT2D eigenvalue weighted by Crippen LogP contribution is -2.26. The first kappa shape index (κ1) is 19.9. The van der Waals surface area contributed by atoms with Crippen LogP contribution in [0.25, 0.3) is 10.9 Å². The summed E-state index contributed by atoms with van der Waals surface area (Å²) in [6.07, 6.45) is 7.64. The van der Waals surface area contributed by atoms with Crippen molar-refractivity contribution in [2.24, 2.45) is 23.7 Å². The Bertz CT molecular complexity index is 1160. The molecule has 1 amide bonds. The van der Waals surface area contributed by atoms with Gasteiger partial charge in [0.1, 0.15) is 5.82 Å². The summed E-state index contributed by atoms with van der Waals surface area (Å²) < 4.78 is 13.8. The first-order valence-corrected chi connectivity index (χ1v) is 11.0. The van der Waals surface area contributed by atoms with Crippen LogP contribution in [0.1, 0.15) is 44.1 Å². The van der Waals surface area contributed by atoms with Gasteiger partial charge in [0.05, 0.1) is 11.2 Å². The highest BCUT2D eigenvalue weighted by Gasteiger charge is 2.44. The van der Waals surface area contributed by atoms with Crippen LogP contribution in [0.3, 0.4) is 0 Å². The van der Waals surface area contributed by atoms with Crippen LogP contribution in [0.5, 0.6) is 0 Å². The van der Waals surface area contributed by atoms with Gasteiger partial charge in [-0.1, -0.05) is 6.92 Å². The first-order chi connectivity index (χ1) is 15.0. The molecule has 0 spiro atoms. The summed E-state index contributed by atoms with van der Waals surface area (Å²) in [5, 5.41) is 3.85. The van der Waals surface area contributed by atoms with Crippen molar-refractivity contribution in [3.05, 3.63) is 70.5 Å². The molecule has 3 unspecified atom stereocenters. The van der Waals surface area contributed by atoms with Gasteiger partial charge in [0.25, 0.3) is 0 Å². The van der Waals surface area contributed by atoms with E-state index in [9.17, 15) is 14.0 Å². The van der Waals surface area contributed by atoms with Crippen molar-refractivity contribution in [3.8, 4) is 0 Å². The Balaban J connectivity index is 1.25. The number of carbonyl (C=O) groups excluding carboxylic acids is 1. The Hall–Kier alpha value is -3.02. The number of hydrogen-bond acceptors (Lipinski definition) is 3. The Labute approximate surface area is 180 Å². The number of H-pyrrole nitrogens is 1. The van der Waals surface area contributed by atoms with E-state index in [1.165, 1.54) is 23.9 Å². The van der Waals surface area contributed by atoms with Crippen molar-refractivity contribution in [2.75, 3.05) is 5.32 Å². The second-order valence-electron chi connectivity index (χ2n) is 9.20. The van der Waals surface area contributed by atoms with Gasteiger partial charge in [0, 0.05) is 29.8 Å². The van der Waals surface area contributed by atoms with Crippen LogP contribution in [0.4, 0.5) is 10.1 Å². The van der Waals surface area contributed by atoms with Crippen LogP contribution < -0.4 is 10.9 Å². The molecule has 2 N–H and O–H groups in total. The highest BCUT2D eigenvalue weighted by Crippen LogP contribution is 2.54. The average Bonchev–Trinajstić information content (AvgIpc) is 3.33. The fourth-order valence-electron chi connectivity index (χ4n) is 5.78. The Morgan fingerprint density at radius 1 is 1.13 bits per heavy atom. The highest BCUT2D eigenvalue weighted by atomic mass is 19.1.